The summed E-state index contributed by atoms with van der Waals surface area (Å²) in [5.74, 6) is -0.0464. The number of fused-ring (bicyclic) bond motifs is 1. The van der Waals surface area contributed by atoms with Crippen LogP contribution in [0.2, 0.25) is 0 Å². The molecule has 0 aliphatic rings. The number of rotatable bonds is 4. The highest BCUT2D eigenvalue weighted by Crippen LogP contribution is 2.17. The second kappa shape index (κ2) is 5.75. The van der Waals surface area contributed by atoms with Crippen molar-refractivity contribution in [3.05, 3.63) is 42.1 Å². The smallest absolute Gasteiger partial charge is 0.254 e. The van der Waals surface area contributed by atoms with E-state index >= 15 is 0 Å². The molecule has 0 fully saturated rings. The standard InChI is InChI=1S/C14H15N3OS/c1-17(9-7-13(15)19)14(18)11-4-2-6-12-10(11)5-3-8-16-12/h2-6,8H,7,9H2,1H3,(H2,15,19). The highest BCUT2D eigenvalue weighted by atomic mass is 32.1. The second-order valence-corrected chi connectivity index (χ2v) is 4.84. The van der Waals surface area contributed by atoms with Crippen LogP contribution in [0.3, 0.4) is 0 Å². The Morgan fingerprint density at radius 2 is 2.16 bits per heavy atom. The quantitative estimate of drug-likeness (QED) is 0.865. The van der Waals surface area contributed by atoms with Gasteiger partial charge in [-0.25, -0.2) is 0 Å². The van der Waals surface area contributed by atoms with Gasteiger partial charge >= 0.3 is 0 Å². The number of benzene rings is 1. The van der Waals surface area contributed by atoms with Gasteiger partial charge in [0.05, 0.1) is 10.5 Å². The monoisotopic (exact) mass is 273 g/mol. The topological polar surface area (TPSA) is 59.2 Å². The first-order valence-corrected chi connectivity index (χ1v) is 6.38. The van der Waals surface area contributed by atoms with E-state index in [1.165, 1.54) is 0 Å². The minimum Gasteiger partial charge on any atom is -0.393 e. The molecule has 1 aromatic carbocycles. The summed E-state index contributed by atoms with van der Waals surface area (Å²) in [6.07, 6.45) is 2.24. The molecule has 4 nitrogen and oxygen atoms in total. The van der Waals surface area contributed by atoms with Gasteiger partial charge in [0, 0.05) is 37.2 Å². The molecule has 0 atom stereocenters. The van der Waals surface area contributed by atoms with Crippen molar-refractivity contribution >= 4 is 34.0 Å². The summed E-state index contributed by atoms with van der Waals surface area (Å²) in [4.78, 5) is 18.7. The molecule has 2 N–H and O–H groups in total. The van der Waals surface area contributed by atoms with E-state index in [0.29, 0.717) is 23.5 Å². The Morgan fingerprint density at radius 1 is 1.37 bits per heavy atom. The lowest BCUT2D eigenvalue weighted by molar-refractivity contribution is 0.0801. The van der Waals surface area contributed by atoms with Crippen molar-refractivity contribution in [3.8, 4) is 0 Å². The Morgan fingerprint density at radius 3 is 2.89 bits per heavy atom. The third-order valence-corrected chi connectivity index (χ3v) is 3.12. The lowest BCUT2D eigenvalue weighted by Crippen LogP contribution is -2.30. The number of carbonyl (C=O) groups excluding carboxylic acids is 1. The Balaban J connectivity index is 2.28. The lowest BCUT2D eigenvalue weighted by Gasteiger charge is -2.17. The van der Waals surface area contributed by atoms with Crippen LogP contribution in [-0.2, 0) is 0 Å². The van der Waals surface area contributed by atoms with Crippen molar-refractivity contribution < 1.29 is 4.79 Å². The third kappa shape index (κ3) is 3.06. The fourth-order valence-corrected chi connectivity index (χ4v) is 1.97. The number of aromatic nitrogens is 1. The number of nitrogens with zero attached hydrogens (tertiary/aromatic N) is 2. The van der Waals surface area contributed by atoms with Crippen molar-refractivity contribution in [2.75, 3.05) is 13.6 Å². The van der Waals surface area contributed by atoms with Crippen molar-refractivity contribution in [3.63, 3.8) is 0 Å². The van der Waals surface area contributed by atoms with E-state index in [2.05, 4.69) is 4.98 Å². The van der Waals surface area contributed by atoms with Crippen LogP contribution >= 0.6 is 12.2 Å². The van der Waals surface area contributed by atoms with Gasteiger partial charge in [0.25, 0.3) is 5.91 Å². The van der Waals surface area contributed by atoms with Gasteiger partial charge in [-0.1, -0.05) is 24.4 Å². The number of amides is 1. The Labute approximate surface area is 117 Å². The van der Waals surface area contributed by atoms with E-state index in [1.807, 2.05) is 30.3 Å². The maximum Gasteiger partial charge on any atom is 0.254 e. The number of pyridine rings is 1. The first kappa shape index (κ1) is 13.4. The van der Waals surface area contributed by atoms with Crippen LogP contribution in [0, 0.1) is 0 Å². The van der Waals surface area contributed by atoms with E-state index in [9.17, 15) is 4.79 Å². The second-order valence-electron chi connectivity index (χ2n) is 4.32. The molecule has 0 radical (unpaired) electrons. The predicted octanol–water partition coefficient (Wildman–Crippen LogP) is 1.98. The van der Waals surface area contributed by atoms with Crippen LogP contribution in [0.25, 0.3) is 10.9 Å². The van der Waals surface area contributed by atoms with Crippen molar-refractivity contribution in [1.29, 1.82) is 0 Å². The molecule has 0 saturated heterocycles. The summed E-state index contributed by atoms with van der Waals surface area (Å²) in [6, 6.07) is 9.26. The lowest BCUT2D eigenvalue weighted by atomic mass is 10.1. The molecule has 0 unspecified atom stereocenters. The highest BCUT2D eigenvalue weighted by molar-refractivity contribution is 7.80. The Hall–Kier alpha value is -2.01. The van der Waals surface area contributed by atoms with E-state index in [0.717, 1.165) is 10.9 Å². The zero-order valence-corrected chi connectivity index (χ0v) is 11.5. The summed E-state index contributed by atoms with van der Waals surface area (Å²) in [7, 11) is 1.75. The van der Waals surface area contributed by atoms with Gasteiger partial charge in [-0.3, -0.25) is 9.78 Å². The number of hydrogen-bond donors (Lipinski definition) is 1. The SMILES string of the molecule is CN(CCC(N)=S)C(=O)c1cccc2ncccc12. The molecule has 2 rings (SSSR count). The largest absolute Gasteiger partial charge is 0.393 e. The van der Waals surface area contributed by atoms with Crippen LogP contribution in [0.15, 0.2) is 36.5 Å². The molecular weight excluding hydrogens is 258 g/mol. The van der Waals surface area contributed by atoms with Gasteiger partial charge in [0.2, 0.25) is 0 Å². The van der Waals surface area contributed by atoms with E-state index in [-0.39, 0.29) is 5.91 Å². The van der Waals surface area contributed by atoms with Crippen LogP contribution in [0.4, 0.5) is 0 Å². The third-order valence-electron chi connectivity index (χ3n) is 2.92. The molecule has 19 heavy (non-hydrogen) atoms. The van der Waals surface area contributed by atoms with Gasteiger partial charge in [-0.2, -0.15) is 0 Å². The number of thiocarbonyl (C=S) groups is 1. The van der Waals surface area contributed by atoms with Crippen LogP contribution in [0.1, 0.15) is 16.8 Å². The average molecular weight is 273 g/mol. The summed E-state index contributed by atoms with van der Waals surface area (Å²) < 4.78 is 0. The summed E-state index contributed by atoms with van der Waals surface area (Å²) in [6.45, 7) is 0.519. The number of hydrogen-bond acceptors (Lipinski definition) is 3. The molecule has 2 aromatic rings. The fourth-order valence-electron chi connectivity index (χ4n) is 1.87. The molecule has 0 aliphatic heterocycles. The van der Waals surface area contributed by atoms with Gasteiger partial charge in [-0.15, -0.1) is 0 Å². The molecule has 1 heterocycles. The average Bonchev–Trinajstić information content (AvgIpc) is 2.43. The highest BCUT2D eigenvalue weighted by Gasteiger charge is 2.14. The zero-order chi connectivity index (χ0) is 13.8. The molecule has 0 saturated carbocycles. The molecule has 0 aliphatic carbocycles. The molecule has 98 valence electrons. The first-order chi connectivity index (χ1) is 9.09. The summed E-state index contributed by atoms with van der Waals surface area (Å²) >= 11 is 4.82. The van der Waals surface area contributed by atoms with E-state index < -0.39 is 0 Å². The minimum atomic E-state index is -0.0464. The van der Waals surface area contributed by atoms with Crippen LogP contribution in [0.5, 0.6) is 0 Å². The predicted molar refractivity (Wildman–Crippen MR) is 80.1 cm³/mol. The Bertz CT molecular complexity index is 622. The molecule has 1 aromatic heterocycles. The number of nitrogens with two attached hydrogens (primary N) is 1. The fraction of sp³-hybridized carbons (Fsp3) is 0.214. The molecule has 0 bridgehead atoms. The maximum absolute atomic E-state index is 12.4. The van der Waals surface area contributed by atoms with Crippen molar-refractivity contribution in [1.82, 2.24) is 9.88 Å². The van der Waals surface area contributed by atoms with Crippen molar-refractivity contribution in [2.45, 2.75) is 6.42 Å². The van der Waals surface area contributed by atoms with Gasteiger partial charge < -0.3 is 10.6 Å². The van der Waals surface area contributed by atoms with Gasteiger partial charge in [0.1, 0.15) is 0 Å². The summed E-state index contributed by atoms with van der Waals surface area (Å²) in [5, 5.41) is 0.858. The van der Waals surface area contributed by atoms with Gasteiger partial charge in [0.15, 0.2) is 0 Å². The van der Waals surface area contributed by atoms with Crippen molar-refractivity contribution in [2.24, 2.45) is 5.73 Å². The first-order valence-electron chi connectivity index (χ1n) is 5.97. The van der Waals surface area contributed by atoms with E-state index in [1.54, 1.807) is 18.1 Å². The molecule has 1 amide bonds. The van der Waals surface area contributed by atoms with E-state index in [4.69, 9.17) is 18.0 Å². The molecular formula is C14H15N3OS. The minimum absolute atomic E-state index is 0.0464. The normalized spacial score (nSPS) is 10.4. The van der Waals surface area contributed by atoms with Crippen LogP contribution in [-0.4, -0.2) is 34.4 Å². The number of carbonyl (C=O) groups is 1. The maximum atomic E-state index is 12.4. The Kier molecular flexibility index (Phi) is 4.06. The molecule has 0 spiro atoms. The van der Waals surface area contributed by atoms with Gasteiger partial charge in [-0.05, 0) is 18.2 Å². The zero-order valence-electron chi connectivity index (χ0n) is 10.7. The summed E-state index contributed by atoms with van der Waals surface area (Å²) in [5.41, 5.74) is 6.92. The molecule has 5 heteroatoms. The van der Waals surface area contributed by atoms with Crippen LogP contribution < -0.4 is 5.73 Å².